The van der Waals surface area contributed by atoms with E-state index in [1.165, 1.54) is 9.77 Å². The van der Waals surface area contributed by atoms with Gasteiger partial charge in [0.1, 0.15) is 11.9 Å². The third-order valence-corrected chi connectivity index (χ3v) is 9.40. The largest absolute Gasteiger partial charge is 0.497 e. The SMILES string of the molecule is COc1ccc2nccc(C(F)CC[C@@H]3CCN(CCSc4sccc4C)C[C@@H]3CC(=O)O)c2c1. The van der Waals surface area contributed by atoms with E-state index >= 15 is 4.39 Å². The van der Waals surface area contributed by atoms with Gasteiger partial charge in [-0.05, 0) is 91.4 Å². The van der Waals surface area contributed by atoms with Gasteiger partial charge in [-0.3, -0.25) is 9.78 Å². The van der Waals surface area contributed by atoms with Crippen LogP contribution in [0.15, 0.2) is 46.1 Å². The van der Waals surface area contributed by atoms with Gasteiger partial charge < -0.3 is 14.7 Å². The van der Waals surface area contributed by atoms with Crippen LogP contribution in [0.5, 0.6) is 5.75 Å². The molecule has 1 aliphatic rings. The molecule has 0 amide bonds. The highest BCUT2D eigenvalue weighted by Gasteiger charge is 2.31. The van der Waals surface area contributed by atoms with Crippen molar-refractivity contribution < 1.29 is 19.0 Å². The van der Waals surface area contributed by atoms with Crippen LogP contribution in [-0.4, -0.2) is 53.5 Å². The average Bonchev–Trinajstić information content (AvgIpc) is 3.26. The molecule has 1 unspecified atom stereocenters. The van der Waals surface area contributed by atoms with Gasteiger partial charge in [-0.1, -0.05) is 0 Å². The molecule has 3 heterocycles. The van der Waals surface area contributed by atoms with E-state index in [4.69, 9.17) is 4.74 Å². The Labute approximate surface area is 214 Å². The van der Waals surface area contributed by atoms with E-state index in [9.17, 15) is 9.90 Å². The zero-order chi connectivity index (χ0) is 24.8. The summed E-state index contributed by atoms with van der Waals surface area (Å²) in [6.07, 6.45) is 2.65. The van der Waals surface area contributed by atoms with Crippen molar-refractivity contribution in [3.8, 4) is 5.75 Å². The summed E-state index contributed by atoms with van der Waals surface area (Å²) >= 11 is 3.65. The molecule has 3 atom stereocenters. The second-order valence-electron chi connectivity index (χ2n) is 9.27. The lowest BCUT2D eigenvalue weighted by atomic mass is 9.79. The first kappa shape index (κ1) is 25.9. The number of piperidine rings is 1. The van der Waals surface area contributed by atoms with E-state index in [0.29, 0.717) is 24.2 Å². The second-order valence-corrected chi connectivity index (χ2v) is 11.6. The molecule has 2 aromatic heterocycles. The van der Waals surface area contributed by atoms with E-state index < -0.39 is 12.1 Å². The zero-order valence-corrected chi connectivity index (χ0v) is 21.9. The molecule has 1 aromatic carbocycles. The normalized spacial score (nSPS) is 19.6. The number of carboxylic acid groups (broad SMARTS) is 1. The number of hydrogen-bond donors (Lipinski definition) is 1. The third-order valence-electron chi connectivity index (χ3n) is 6.98. The smallest absolute Gasteiger partial charge is 0.303 e. The Bertz CT molecular complexity index is 1140. The Balaban J connectivity index is 1.35. The monoisotopic (exact) mass is 516 g/mol. The van der Waals surface area contributed by atoms with Crippen LogP contribution in [0.1, 0.15) is 43.0 Å². The van der Waals surface area contributed by atoms with Gasteiger partial charge in [0.25, 0.3) is 0 Å². The predicted octanol–water partition coefficient (Wildman–Crippen LogP) is 6.61. The number of rotatable bonds is 11. The number of alkyl halides is 1. The van der Waals surface area contributed by atoms with Crippen molar-refractivity contribution in [1.82, 2.24) is 9.88 Å². The number of likely N-dealkylation sites (tertiary alicyclic amines) is 1. The number of pyridine rings is 1. The molecule has 1 N–H and O–H groups in total. The fourth-order valence-electron chi connectivity index (χ4n) is 5.03. The van der Waals surface area contributed by atoms with Crippen LogP contribution >= 0.6 is 23.1 Å². The van der Waals surface area contributed by atoms with E-state index in [2.05, 4.69) is 28.3 Å². The van der Waals surface area contributed by atoms with Crippen molar-refractivity contribution in [3.05, 3.63) is 53.0 Å². The Morgan fingerprint density at radius 3 is 2.94 bits per heavy atom. The van der Waals surface area contributed by atoms with Crippen molar-refractivity contribution in [3.63, 3.8) is 0 Å². The van der Waals surface area contributed by atoms with Gasteiger partial charge in [-0.2, -0.15) is 0 Å². The van der Waals surface area contributed by atoms with Gasteiger partial charge in [0.2, 0.25) is 0 Å². The summed E-state index contributed by atoms with van der Waals surface area (Å²) in [6, 6.07) is 9.41. The molecule has 0 radical (unpaired) electrons. The Morgan fingerprint density at radius 2 is 2.20 bits per heavy atom. The fraction of sp³-hybridized carbons (Fsp3) is 0.481. The van der Waals surface area contributed by atoms with Crippen molar-refractivity contribution in [2.75, 3.05) is 32.5 Å². The summed E-state index contributed by atoms with van der Waals surface area (Å²) in [5.74, 6) is 1.18. The summed E-state index contributed by atoms with van der Waals surface area (Å²) in [4.78, 5) is 18.3. The number of nitrogens with zero attached hydrogens (tertiary/aromatic N) is 2. The summed E-state index contributed by atoms with van der Waals surface area (Å²) in [7, 11) is 1.60. The first-order valence-electron chi connectivity index (χ1n) is 12.1. The molecular formula is C27H33FN2O3S2. The van der Waals surface area contributed by atoms with E-state index in [0.717, 1.165) is 42.7 Å². The Hall–Kier alpha value is -2.16. The molecule has 4 rings (SSSR count). The predicted molar refractivity (Wildman–Crippen MR) is 141 cm³/mol. The highest BCUT2D eigenvalue weighted by molar-refractivity contribution is 8.01. The number of aromatic nitrogens is 1. The standard InChI is InChI=1S/C27H33FN2O3S2/c1-18-9-13-34-27(18)35-14-12-30-11-8-19(20(17-30)15-26(31)32)3-5-24(28)22-7-10-29-25-6-4-21(33-2)16-23(22)25/h4,6-7,9-10,13,16,19-20,24H,3,5,8,11-12,14-15,17H2,1-2H3,(H,31,32)/t19-,20+,24?/m1/s1. The average molecular weight is 517 g/mol. The minimum Gasteiger partial charge on any atom is -0.497 e. The molecule has 8 heteroatoms. The molecule has 5 nitrogen and oxygen atoms in total. The highest BCUT2D eigenvalue weighted by atomic mass is 32.2. The minimum absolute atomic E-state index is 0.0520. The number of aliphatic carboxylic acids is 1. The summed E-state index contributed by atoms with van der Waals surface area (Å²) in [6.45, 7) is 4.79. The van der Waals surface area contributed by atoms with Gasteiger partial charge in [-0.25, -0.2) is 4.39 Å². The van der Waals surface area contributed by atoms with Crippen molar-refractivity contribution in [2.24, 2.45) is 11.8 Å². The highest BCUT2D eigenvalue weighted by Crippen LogP contribution is 2.36. The van der Waals surface area contributed by atoms with Crippen LogP contribution in [0.25, 0.3) is 10.9 Å². The summed E-state index contributed by atoms with van der Waals surface area (Å²) < 4.78 is 22.1. The topological polar surface area (TPSA) is 62.7 Å². The van der Waals surface area contributed by atoms with Crippen molar-refractivity contribution >= 4 is 40.0 Å². The lowest BCUT2D eigenvalue weighted by molar-refractivity contribution is -0.139. The second kappa shape index (κ2) is 12.2. The van der Waals surface area contributed by atoms with Crippen molar-refractivity contribution in [2.45, 2.75) is 43.0 Å². The molecule has 1 fully saturated rings. The van der Waals surface area contributed by atoms with Crippen LogP contribution < -0.4 is 4.74 Å². The van der Waals surface area contributed by atoms with E-state index in [1.54, 1.807) is 30.7 Å². The van der Waals surface area contributed by atoms with E-state index in [-0.39, 0.29) is 18.3 Å². The maximum Gasteiger partial charge on any atom is 0.303 e. The third kappa shape index (κ3) is 6.74. The number of aryl methyl sites for hydroxylation is 1. The van der Waals surface area contributed by atoms with Crippen LogP contribution in [0.4, 0.5) is 4.39 Å². The fourth-order valence-corrected chi connectivity index (χ4v) is 7.20. The lowest BCUT2D eigenvalue weighted by Gasteiger charge is -2.38. The molecule has 0 saturated carbocycles. The van der Waals surface area contributed by atoms with E-state index in [1.807, 2.05) is 30.0 Å². The van der Waals surface area contributed by atoms with Crippen LogP contribution in [0, 0.1) is 18.8 Å². The van der Waals surface area contributed by atoms with Crippen LogP contribution in [-0.2, 0) is 4.79 Å². The molecule has 35 heavy (non-hydrogen) atoms. The summed E-state index contributed by atoms with van der Waals surface area (Å²) in [5.41, 5.74) is 2.70. The number of methoxy groups -OCH3 is 1. The number of hydrogen-bond acceptors (Lipinski definition) is 6. The number of ether oxygens (including phenoxy) is 1. The van der Waals surface area contributed by atoms with Crippen molar-refractivity contribution in [1.29, 1.82) is 0 Å². The summed E-state index contributed by atoms with van der Waals surface area (Å²) in [5, 5.41) is 12.4. The van der Waals surface area contributed by atoms with Gasteiger partial charge in [0, 0.05) is 36.8 Å². The number of halogens is 1. The molecule has 1 aliphatic heterocycles. The van der Waals surface area contributed by atoms with Gasteiger partial charge in [0.15, 0.2) is 0 Å². The Morgan fingerprint density at radius 1 is 1.34 bits per heavy atom. The molecular weight excluding hydrogens is 483 g/mol. The maximum absolute atomic E-state index is 15.5. The lowest BCUT2D eigenvalue weighted by Crippen LogP contribution is -2.42. The number of fused-ring (bicyclic) bond motifs is 1. The quantitative estimate of drug-likeness (QED) is 0.289. The maximum atomic E-state index is 15.5. The zero-order valence-electron chi connectivity index (χ0n) is 20.3. The first-order chi connectivity index (χ1) is 16.9. The molecule has 3 aromatic rings. The minimum atomic E-state index is -1.12. The first-order valence-corrected chi connectivity index (χ1v) is 14.0. The molecule has 1 saturated heterocycles. The number of carbonyl (C=O) groups is 1. The van der Waals surface area contributed by atoms with Crippen LogP contribution in [0.3, 0.4) is 0 Å². The molecule has 0 aliphatic carbocycles. The number of thiophene rings is 1. The number of thioether (sulfide) groups is 1. The molecule has 188 valence electrons. The Kier molecular flexibility index (Phi) is 9.03. The van der Waals surface area contributed by atoms with Crippen LogP contribution in [0.2, 0.25) is 0 Å². The molecule has 0 spiro atoms. The van der Waals surface area contributed by atoms with Gasteiger partial charge >= 0.3 is 5.97 Å². The van der Waals surface area contributed by atoms with Gasteiger partial charge in [0.05, 0.1) is 16.8 Å². The number of carboxylic acids is 1. The molecule has 0 bridgehead atoms. The number of benzene rings is 1. The van der Waals surface area contributed by atoms with Gasteiger partial charge in [-0.15, -0.1) is 23.1 Å².